The van der Waals surface area contributed by atoms with Crippen molar-refractivity contribution >= 4 is 41.2 Å². The van der Waals surface area contributed by atoms with E-state index in [9.17, 15) is 14.4 Å². The summed E-state index contributed by atoms with van der Waals surface area (Å²) < 4.78 is 0. The number of urea groups is 1. The van der Waals surface area contributed by atoms with Crippen LogP contribution in [0.2, 0.25) is 5.02 Å². The molecule has 0 unspecified atom stereocenters. The van der Waals surface area contributed by atoms with Crippen LogP contribution in [0.1, 0.15) is 16.7 Å². The number of anilines is 1. The highest BCUT2D eigenvalue weighted by Crippen LogP contribution is 2.24. The number of hydrogen-bond acceptors (Lipinski definition) is 3. The molecular formula is C19H15ClN2O3. The third-order valence-electron chi connectivity index (χ3n) is 4.03. The molecule has 0 radical (unpaired) electrons. The molecule has 5 nitrogen and oxygen atoms in total. The number of carbonyl (C=O) groups is 3. The minimum Gasteiger partial charge on any atom is -0.273 e. The molecule has 1 fully saturated rings. The van der Waals surface area contributed by atoms with E-state index in [1.165, 1.54) is 6.08 Å². The summed E-state index contributed by atoms with van der Waals surface area (Å²) in [7, 11) is 0. The predicted molar refractivity (Wildman–Crippen MR) is 96.4 cm³/mol. The highest BCUT2D eigenvalue weighted by atomic mass is 35.5. The minimum absolute atomic E-state index is 0.111. The molecule has 1 heterocycles. The van der Waals surface area contributed by atoms with Gasteiger partial charge in [0.2, 0.25) is 0 Å². The van der Waals surface area contributed by atoms with Gasteiger partial charge in [0.15, 0.2) is 0 Å². The second kappa shape index (κ2) is 6.53. The Balaban J connectivity index is 2.02. The first-order valence-electron chi connectivity index (χ1n) is 7.61. The lowest BCUT2D eigenvalue weighted by Crippen LogP contribution is -2.54. The lowest BCUT2D eigenvalue weighted by molar-refractivity contribution is -0.122. The normalized spacial score (nSPS) is 16.4. The second-order valence-corrected chi connectivity index (χ2v) is 6.21. The Bertz CT molecular complexity index is 917. The first-order valence-corrected chi connectivity index (χ1v) is 7.99. The average Bonchev–Trinajstić information content (AvgIpc) is 2.56. The second-order valence-electron chi connectivity index (χ2n) is 5.78. The zero-order valence-electron chi connectivity index (χ0n) is 13.7. The number of benzene rings is 2. The van der Waals surface area contributed by atoms with Gasteiger partial charge in [-0.2, -0.15) is 0 Å². The summed E-state index contributed by atoms with van der Waals surface area (Å²) in [5, 5.41) is 2.76. The van der Waals surface area contributed by atoms with Gasteiger partial charge in [-0.25, -0.2) is 9.69 Å². The molecule has 1 N–H and O–H groups in total. The van der Waals surface area contributed by atoms with Crippen LogP contribution in [0.3, 0.4) is 0 Å². The van der Waals surface area contributed by atoms with Gasteiger partial charge in [0.1, 0.15) is 5.57 Å². The van der Waals surface area contributed by atoms with Crippen LogP contribution >= 0.6 is 11.6 Å². The van der Waals surface area contributed by atoms with Crippen LogP contribution in [0.5, 0.6) is 0 Å². The molecule has 0 atom stereocenters. The van der Waals surface area contributed by atoms with Gasteiger partial charge in [-0.15, -0.1) is 0 Å². The molecule has 25 heavy (non-hydrogen) atoms. The SMILES string of the molecule is Cc1ccc(N2C(=O)NC(=O)/C(=C/c3ccc(Cl)cc3)C2=O)cc1C. The summed E-state index contributed by atoms with van der Waals surface area (Å²) in [4.78, 5) is 38.0. The quantitative estimate of drug-likeness (QED) is 0.661. The third kappa shape index (κ3) is 3.32. The Morgan fingerprint density at radius 3 is 2.28 bits per heavy atom. The fraction of sp³-hybridized carbons (Fsp3) is 0.105. The summed E-state index contributed by atoms with van der Waals surface area (Å²) in [6.45, 7) is 3.83. The predicted octanol–water partition coefficient (Wildman–Crippen LogP) is 3.62. The minimum atomic E-state index is -0.758. The summed E-state index contributed by atoms with van der Waals surface area (Å²) in [6, 6.07) is 11.2. The molecule has 0 saturated carbocycles. The van der Waals surface area contributed by atoms with Gasteiger partial charge in [-0.3, -0.25) is 14.9 Å². The lowest BCUT2D eigenvalue weighted by atomic mass is 10.1. The Morgan fingerprint density at radius 1 is 0.960 bits per heavy atom. The van der Waals surface area contributed by atoms with Gasteiger partial charge >= 0.3 is 6.03 Å². The molecule has 2 aromatic rings. The monoisotopic (exact) mass is 354 g/mol. The molecule has 1 saturated heterocycles. The van der Waals surface area contributed by atoms with E-state index in [2.05, 4.69) is 5.32 Å². The van der Waals surface area contributed by atoms with Crippen LogP contribution in [0.25, 0.3) is 6.08 Å². The number of aryl methyl sites for hydroxylation is 2. The van der Waals surface area contributed by atoms with Crippen LogP contribution in [0.15, 0.2) is 48.0 Å². The molecule has 0 spiro atoms. The van der Waals surface area contributed by atoms with Crippen molar-refractivity contribution in [3.8, 4) is 0 Å². The highest BCUT2D eigenvalue weighted by molar-refractivity contribution is 6.39. The maximum atomic E-state index is 12.8. The Hall–Kier alpha value is -2.92. The first kappa shape index (κ1) is 16.9. The Morgan fingerprint density at radius 2 is 1.64 bits per heavy atom. The van der Waals surface area contributed by atoms with E-state index in [4.69, 9.17) is 11.6 Å². The number of rotatable bonds is 2. The van der Waals surface area contributed by atoms with Crippen molar-refractivity contribution in [2.45, 2.75) is 13.8 Å². The van der Waals surface area contributed by atoms with E-state index in [0.717, 1.165) is 16.0 Å². The van der Waals surface area contributed by atoms with E-state index in [1.54, 1.807) is 36.4 Å². The highest BCUT2D eigenvalue weighted by Gasteiger charge is 2.36. The average molecular weight is 355 g/mol. The third-order valence-corrected chi connectivity index (χ3v) is 4.28. The van der Waals surface area contributed by atoms with Crippen molar-refractivity contribution in [1.82, 2.24) is 5.32 Å². The van der Waals surface area contributed by atoms with Crippen molar-refractivity contribution < 1.29 is 14.4 Å². The van der Waals surface area contributed by atoms with Crippen LogP contribution < -0.4 is 10.2 Å². The summed E-state index contributed by atoms with van der Waals surface area (Å²) >= 11 is 5.84. The van der Waals surface area contributed by atoms with E-state index < -0.39 is 17.8 Å². The molecular weight excluding hydrogens is 340 g/mol. The smallest absolute Gasteiger partial charge is 0.273 e. The van der Waals surface area contributed by atoms with Crippen molar-refractivity contribution in [2.24, 2.45) is 0 Å². The van der Waals surface area contributed by atoms with Crippen LogP contribution in [0.4, 0.5) is 10.5 Å². The van der Waals surface area contributed by atoms with Crippen molar-refractivity contribution in [1.29, 1.82) is 0 Å². The number of halogens is 1. The largest absolute Gasteiger partial charge is 0.335 e. The molecule has 6 heteroatoms. The number of barbiturate groups is 1. The van der Waals surface area contributed by atoms with E-state index in [0.29, 0.717) is 16.3 Å². The fourth-order valence-electron chi connectivity index (χ4n) is 2.48. The first-order chi connectivity index (χ1) is 11.9. The molecule has 0 bridgehead atoms. The van der Waals surface area contributed by atoms with E-state index >= 15 is 0 Å². The van der Waals surface area contributed by atoms with E-state index in [1.807, 2.05) is 19.9 Å². The van der Waals surface area contributed by atoms with Gasteiger partial charge in [-0.05, 0) is 60.9 Å². The molecule has 0 aromatic heterocycles. The summed E-state index contributed by atoms with van der Waals surface area (Å²) in [5.41, 5.74) is 2.93. The van der Waals surface area contributed by atoms with Crippen molar-refractivity contribution in [3.63, 3.8) is 0 Å². The van der Waals surface area contributed by atoms with Crippen LogP contribution in [-0.2, 0) is 9.59 Å². The Labute approximate surface area is 149 Å². The topological polar surface area (TPSA) is 66.5 Å². The van der Waals surface area contributed by atoms with E-state index in [-0.39, 0.29) is 5.57 Å². The summed E-state index contributed by atoms with van der Waals surface area (Å²) in [5.74, 6) is -1.38. The standard InChI is InChI=1S/C19H15ClN2O3/c1-11-3-8-15(9-12(11)2)22-18(24)16(17(23)21-19(22)25)10-13-4-6-14(20)7-5-13/h3-10H,1-2H3,(H,21,23,25)/b16-10-. The van der Waals surface area contributed by atoms with Crippen LogP contribution in [0, 0.1) is 13.8 Å². The Kier molecular flexibility index (Phi) is 4.42. The lowest BCUT2D eigenvalue weighted by Gasteiger charge is -2.26. The molecule has 4 amide bonds. The van der Waals surface area contributed by atoms with Crippen LogP contribution in [-0.4, -0.2) is 17.8 Å². The zero-order chi connectivity index (χ0) is 18.1. The number of carbonyl (C=O) groups excluding carboxylic acids is 3. The molecule has 0 aliphatic carbocycles. The molecule has 1 aliphatic heterocycles. The summed E-state index contributed by atoms with van der Waals surface area (Å²) in [6.07, 6.45) is 1.44. The number of nitrogens with zero attached hydrogens (tertiary/aromatic N) is 1. The zero-order valence-corrected chi connectivity index (χ0v) is 14.4. The van der Waals surface area contributed by atoms with Crippen molar-refractivity contribution in [3.05, 3.63) is 69.8 Å². The van der Waals surface area contributed by atoms with Gasteiger partial charge in [0, 0.05) is 5.02 Å². The molecule has 1 aliphatic rings. The van der Waals surface area contributed by atoms with Gasteiger partial charge in [-0.1, -0.05) is 29.8 Å². The molecule has 126 valence electrons. The maximum Gasteiger partial charge on any atom is 0.335 e. The molecule has 3 rings (SSSR count). The van der Waals surface area contributed by atoms with Gasteiger partial charge in [0.05, 0.1) is 5.69 Å². The number of amides is 4. The molecule has 2 aromatic carbocycles. The number of hydrogen-bond donors (Lipinski definition) is 1. The van der Waals surface area contributed by atoms with Gasteiger partial charge in [0.25, 0.3) is 11.8 Å². The van der Waals surface area contributed by atoms with Gasteiger partial charge < -0.3 is 0 Å². The van der Waals surface area contributed by atoms with Crippen molar-refractivity contribution in [2.75, 3.05) is 4.90 Å². The number of imide groups is 2. The maximum absolute atomic E-state index is 12.8. The number of nitrogens with one attached hydrogen (secondary N) is 1. The fourth-order valence-corrected chi connectivity index (χ4v) is 2.61.